The van der Waals surface area contributed by atoms with Crippen molar-refractivity contribution in [1.82, 2.24) is 14.9 Å². The fraction of sp³-hybridized carbons (Fsp3) is 0.353. The molecule has 0 fully saturated rings. The van der Waals surface area contributed by atoms with Gasteiger partial charge >= 0.3 is 0 Å². The van der Waals surface area contributed by atoms with Crippen molar-refractivity contribution in [1.29, 1.82) is 0 Å². The first-order chi connectivity index (χ1) is 10.1. The number of aryl methyl sites for hydroxylation is 2. The van der Waals surface area contributed by atoms with Crippen molar-refractivity contribution < 1.29 is 4.79 Å². The van der Waals surface area contributed by atoms with Crippen LogP contribution in [-0.4, -0.2) is 27.8 Å². The molecule has 4 nitrogen and oxygen atoms in total. The lowest BCUT2D eigenvalue weighted by Crippen LogP contribution is -2.26. The van der Waals surface area contributed by atoms with Gasteiger partial charge in [0.05, 0.1) is 0 Å². The van der Waals surface area contributed by atoms with Gasteiger partial charge in [0, 0.05) is 43.4 Å². The van der Waals surface area contributed by atoms with Gasteiger partial charge in [0.1, 0.15) is 0 Å². The summed E-state index contributed by atoms with van der Waals surface area (Å²) in [5.74, 6) is 0.0194. The molecule has 0 bridgehead atoms. The summed E-state index contributed by atoms with van der Waals surface area (Å²) in [4.78, 5) is 22.6. The van der Waals surface area contributed by atoms with E-state index in [1.165, 1.54) is 0 Å². The number of nitrogens with zero attached hydrogens (tertiary/aromatic N) is 3. The quantitative estimate of drug-likeness (QED) is 0.847. The number of pyridine rings is 2. The molecule has 0 aliphatic rings. The zero-order valence-corrected chi connectivity index (χ0v) is 12.8. The smallest absolute Gasteiger partial charge is 0.254 e. The molecule has 0 aliphatic heterocycles. The average molecular weight is 283 g/mol. The maximum absolute atomic E-state index is 12.5. The fourth-order valence-corrected chi connectivity index (χ4v) is 2.23. The van der Waals surface area contributed by atoms with E-state index in [0.717, 1.165) is 29.7 Å². The van der Waals surface area contributed by atoms with Gasteiger partial charge in [0.25, 0.3) is 5.91 Å². The molecule has 0 saturated carbocycles. The van der Waals surface area contributed by atoms with Crippen LogP contribution >= 0.6 is 0 Å². The molecular formula is C17H21N3O. The van der Waals surface area contributed by atoms with Gasteiger partial charge in [-0.25, -0.2) is 0 Å². The molecular weight excluding hydrogens is 262 g/mol. The van der Waals surface area contributed by atoms with Gasteiger partial charge in [-0.1, -0.05) is 13.3 Å². The Bertz CT molecular complexity index is 625. The van der Waals surface area contributed by atoms with E-state index in [4.69, 9.17) is 0 Å². The maximum Gasteiger partial charge on any atom is 0.254 e. The molecule has 0 unspecified atom stereocenters. The highest BCUT2D eigenvalue weighted by Gasteiger charge is 2.13. The summed E-state index contributed by atoms with van der Waals surface area (Å²) >= 11 is 0. The minimum Gasteiger partial charge on any atom is -0.337 e. The second-order valence-electron chi connectivity index (χ2n) is 5.25. The summed E-state index contributed by atoms with van der Waals surface area (Å²) in [6.45, 7) is 4.69. The Kier molecular flexibility index (Phi) is 5.04. The highest BCUT2D eigenvalue weighted by molar-refractivity contribution is 5.94. The van der Waals surface area contributed by atoms with Crippen LogP contribution < -0.4 is 0 Å². The van der Waals surface area contributed by atoms with Crippen LogP contribution in [0.1, 0.15) is 40.5 Å². The van der Waals surface area contributed by atoms with Crippen LogP contribution in [0.25, 0.3) is 0 Å². The highest BCUT2D eigenvalue weighted by Crippen LogP contribution is 2.12. The van der Waals surface area contributed by atoms with Crippen molar-refractivity contribution in [3.05, 3.63) is 59.2 Å². The van der Waals surface area contributed by atoms with Gasteiger partial charge in [-0.2, -0.15) is 0 Å². The molecule has 0 spiro atoms. The predicted molar refractivity (Wildman–Crippen MR) is 83.0 cm³/mol. The van der Waals surface area contributed by atoms with E-state index in [0.29, 0.717) is 12.1 Å². The lowest BCUT2D eigenvalue weighted by molar-refractivity contribution is 0.0784. The van der Waals surface area contributed by atoms with Crippen molar-refractivity contribution in [3.8, 4) is 0 Å². The van der Waals surface area contributed by atoms with E-state index >= 15 is 0 Å². The summed E-state index contributed by atoms with van der Waals surface area (Å²) in [5.41, 5.74) is 3.88. The predicted octanol–water partition coefficient (Wildman–Crippen LogP) is 3.01. The maximum atomic E-state index is 12.5. The van der Waals surface area contributed by atoms with Crippen LogP contribution in [0.5, 0.6) is 0 Å². The lowest BCUT2D eigenvalue weighted by atomic mass is 10.1. The Morgan fingerprint density at radius 2 is 2.10 bits per heavy atom. The molecule has 2 rings (SSSR count). The standard InChI is InChI=1S/C17H21N3O/c1-4-5-16-10-14(7-9-19-16)17(21)20(3)12-15-6-8-18-11-13(15)2/h6-11H,4-5,12H2,1-3H3. The molecule has 21 heavy (non-hydrogen) atoms. The topological polar surface area (TPSA) is 46.1 Å². The molecule has 4 heteroatoms. The third kappa shape index (κ3) is 3.88. The third-order valence-corrected chi connectivity index (χ3v) is 3.46. The molecule has 0 saturated heterocycles. The van der Waals surface area contributed by atoms with E-state index in [2.05, 4.69) is 16.9 Å². The number of hydrogen-bond donors (Lipinski definition) is 0. The van der Waals surface area contributed by atoms with E-state index in [9.17, 15) is 4.79 Å². The van der Waals surface area contributed by atoms with Crippen LogP contribution in [0, 0.1) is 6.92 Å². The summed E-state index contributed by atoms with van der Waals surface area (Å²) in [5, 5.41) is 0. The number of amides is 1. The van der Waals surface area contributed by atoms with E-state index < -0.39 is 0 Å². The Hall–Kier alpha value is -2.23. The van der Waals surface area contributed by atoms with E-state index in [1.54, 1.807) is 23.4 Å². The lowest BCUT2D eigenvalue weighted by Gasteiger charge is -2.18. The largest absolute Gasteiger partial charge is 0.337 e. The van der Waals surface area contributed by atoms with Crippen LogP contribution in [0.15, 0.2) is 36.8 Å². The molecule has 0 atom stereocenters. The Morgan fingerprint density at radius 3 is 2.81 bits per heavy atom. The Labute approximate surface area is 125 Å². The summed E-state index contributed by atoms with van der Waals surface area (Å²) in [6.07, 6.45) is 7.21. The number of rotatable bonds is 5. The van der Waals surface area contributed by atoms with Crippen molar-refractivity contribution in [3.63, 3.8) is 0 Å². The van der Waals surface area contributed by atoms with Crippen molar-refractivity contribution in [2.75, 3.05) is 7.05 Å². The van der Waals surface area contributed by atoms with Gasteiger partial charge < -0.3 is 4.90 Å². The van der Waals surface area contributed by atoms with Crippen LogP contribution in [0.3, 0.4) is 0 Å². The number of carbonyl (C=O) groups excluding carboxylic acids is 1. The van der Waals surface area contributed by atoms with E-state index in [-0.39, 0.29) is 5.91 Å². The van der Waals surface area contributed by atoms with Crippen molar-refractivity contribution >= 4 is 5.91 Å². The first-order valence-electron chi connectivity index (χ1n) is 7.21. The minimum atomic E-state index is 0.0194. The molecule has 0 aromatic carbocycles. The van der Waals surface area contributed by atoms with Crippen molar-refractivity contribution in [2.24, 2.45) is 0 Å². The van der Waals surface area contributed by atoms with Crippen molar-refractivity contribution in [2.45, 2.75) is 33.2 Å². The van der Waals surface area contributed by atoms with Gasteiger partial charge in [0.15, 0.2) is 0 Å². The second-order valence-corrected chi connectivity index (χ2v) is 5.25. The Morgan fingerprint density at radius 1 is 1.29 bits per heavy atom. The SMILES string of the molecule is CCCc1cc(C(=O)N(C)Cc2ccncc2C)ccn1. The number of hydrogen-bond acceptors (Lipinski definition) is 3. The monoisotopic (exact) mass is 283 g/mol. The summed E-state index contributed by atoms with van der Waals surface area (Å²) in [7, 11) is 1.82. The minimum absolute atomic E-state index is 0.0194. The van der Waals surface area contributed by atoms with Gasteiger partial charge in [0.2, 0.25) is 0 Å². The van der Waals surface area contributed by atoms with Crippen LogP contribution in [-0.2, 0) is 13.0 Å². The molecule has 0 radical (unpaired) electrons. The van der Waals surface area contributed by atoms with Gasteiger partial charge in [-0.15, -0.1) is 0 Å². The summed E-state index contributed by atoms with van der Waals surface area (Å²) in [6, 6.07) is 5.62. The molecule has 1 amide bonds. The van der Waals surface area contributed by atoms with Crippen LogP contribution in [0.2, 0.25) is 0 Å². The highest BCUT2D eigenvalue weighted by atomic mass is 16.2. The first-order valence-corrected chi connectivity index (χ1v) is 7.21. The second kappa shape index (κ2) is 6.97. The molecule has 110 valence electrons. The van der Waals surface area contributed by atoms with Gasteiger partial charge in [-0.3, -0.25) is 14.8 Å². The average Bonchev–Trinajstić information content (AvgIpc) is 2.49. The molecule has 2 aromatic heterocycles. The molecule has 2 heterocycles. The summed E-state index contributed by atoms with van der Waals surface area (Å²) < 4.78 is 0. The fourth-order valence-electron chi connectivity index (χ4n) is 2.23. The third-order valence-electron chi connectivity index (χ3n) is 3.46. The zero-order chi connectivity index (χ0) is 15.2. The normalized spacial score (nSPS) is 10.4. The van der Waals surface area contributed by atoms with Gasteiger partial charge in [-0.05, 0) is 42.7 Å². The number of aromatic nitrogens is 2. The zero-order valence-electron chi connectivity index (χ0n) is 12.8. The Balaban J connectivity index is 2.12. The number of carbonyl (C=O) groups is 1. The first kappa shape index (κ1) is 15.2. The van der Waals surface area contributed by atoms with E-state index in [1.807, 2.05) is 32.3 Å². The molecule has 0 N–H and O–H groups in total. The van der Waals surface area contributed by atoms with Crippen LogP contribution in [0.4, 0.5) is 0 Å². The molecule has 0 aliphatic carbocycles. The molecule has 2 aromatic rings.